The van der Waals surface area contributed by atoms with E-state index in [4.69, 9.17) is 27.8 Å². The summed E-state index contributed by atoms with van der Waals surface area (Å²) in [6, 6.07) is 9.45. The van der Waals surface area contributed by atoms with Crippen LogP contribution in [0.4, 0.5) is 0 Å². The summed E-state index contributed by atoms with van der Waals surface area (Å²) in [5, 5.41) is 9.13. The molecule has 0 atom stereocenters. The third-order valence-electron chi connectivity index (χ3n) is 3.12. The van der Waals surface area contributed by atoms with E-state index in [1.165, 1.54) is 0 Å². The highest BCUT2D eigenvalue weighted by Gasteiger charge is 2.15. The topological polar surface area (TPSA) is 68.4 Å². The SMILES string of the molecule is Cc1cc(C)c(C(N)=S)c(Oc2ccccc2CCO)n1. The highest BCUT2D eigenvalue weighted by Crippen LogP contribution is 2.29. The number of hydrogen-bond donors (Lipinski definition) is 2. The zero-order chi connectivity index (χ0) is 15.4. The van der Waals surface area contributed by atoms with Gasteiger partial charge in [0, 0.05) is 12.3 Å². The summed E-state index contributed by atoms with van der Waals surface area (Å²) in [6.45, 7) is 3.88. The minimum atomic E-state index is 0.0583. The number of aromatic nitrogens is 1. The van der Waals surface area contributed by atoms with Gasteiger partial charge < -0.3 is 15.6 Å². The van der Waals surface area contributed by atoms with Gasteiger partial charge in [-0.15, -0.1) is 0 Å². The molecule has 0 spiro atoms. The van der Waals surface area contributed by atoms with Crippen LogP contribution >= 0.6 is 12.2 Å². The quantitative estimate of drug-likeness (QED) is 0.831. The third-order valence-corrected chi connectivity index (χ3v) is 3.32. The summed E-state index contributed by atoms with van der Waals surface area (Å²) in [7, 11) is 0. The number of aliphatic hydroxyl groups is 1. The lowest BCUT2D eigenvalue weighted by atomic mass is 10.1. The maximum absolute atomic E-state index is 9.13. The van der Waals surface area contributed by atoms with E-state index in [9.17, 15) is 0 Å². The molecule has 21 heavy (non-hydrogen) atoms. The van der Waals surface area contributed by atoms with E-state index >= 15 is 0 Å². The fourth-order valence-electron chi connectivity index (χ4n) is 2.21. The van der Waals surface area contributed by atoms with Crippen molar-refractivity contribution in [1.29, 1.82) is 0 Å². The number of para-hydroxylation sites is 1. The summed E-state index contributed by atoms with van der Waals surface area (Å²) in [5.41, 5.74) is 9.12. The van der Waals surface area contributed by atoms with Gasteiger partial charge in [0.05, 0.1) is 5.56 Å². The fourth-order valence-corrected chi connectivity index (χ4v) is 2.46. The molecule has 0 unspecified atom stereocenters. The first-order chi connectivity index (χ1) is 10.0. The molecular formula is C16H18N2O2S. The highest BCUT2D eigenvalue weighted by atomic mass is 32.1. The molecule has 0 fully saturated rings. The van der Waals surface area contributed by atoms with Crippen LogP contribution in [0.3, 0.4) is 0 Å². The molecule has 1 aromatic heterocycles. The molecule has 0 bridgehead atoms. The lowest BCUT2D eigenvalue weighted by molar-refractivity contribution is 0.297. The van der Waals surface area contributed by atoms with Crippen molar-refractivity contribution < 1.29 is 9.84 Å². The number of rotatable bonds is 5. The minimum absolute atomic E-state index is 0.0583. The van der Waals surface area contributed by atoms with Crippen LogP contribution in [0.1, 0.15) is 22.4 Å². The number of aryl methyl sites for hydroxylation is 2. The van der Waals surface area contributed by atoms with Gasteiger partial charge in [0.25, 0.3) is 0 Å². The highest BCUT2D eigenvalue weighted by molar-refractivity contribution is 7.80. The molecule has 0 aliphatic rings. The van der Waals surface area contributed by atoms with Crippen molar-refractivity contribution >= 4 is 17.2 Å². The summed E-state index contributed by atoms with van der Waals surface area (Å²) in [5.74, 6) is 1.06. The predicted molar refractivity (Wildman–Crippen MR) is 86.9 cm³/mol. The standard InChI is InChI=1S/C16H18N2O2S/c1-10-9-11(2)18-16(14(10)15(17)21)20-13-6-4-3-5-12(13)7-8-19/h3-6,9,19H,7-8H2,1-2H3,(H2,17,21). The van der Waals surface area contributed by atoms with Crippen LogP contribution < -0.4 is 10.5 Å². The summed E-state index contributed by atoms with van der Waals surface area (Å²) < 4.78 is 5.93. The first-order valence-electron chi connectivity index (χ1n) is 6.67. The average Bonchev–Trinajstić information content (AvgIpc) is 2.40. The number of aliphatic hydroxyl groups excluding tert-OH is 1. The Bertz CT molecular complexity index is 671. The first kappa shape index (κ1) is 15.4. The Balaban J connectivity index is 2.47. The monoisotopic (exact) mass is 302 g/mol. The molecule has 0 radical (unpaired) electrons. The van der Waals surface area contributed by atoms with E-state index in [1.54, 1.807) is 0 Å². The van der Waals surface area contributed by atoms with Gasteiger partial charge in [0.15, 0.2) is 0 Å². The molecule has 4 nitrogen and oxygen atoms in total. The Morgan fingerprint density at radius 3 is 2.71 bits per heavy atom. The minimum Gasteiger partial charge on any atom is -0.438 e. The van der Waals surface area contributed by atoms with Gasteiger partial charge in [0.2, 0.25) is 5.88 Å². The molecule has 1 heterocycles. The third kappa shape index (κ3) is 3.56. The molecule has 3 N–H and O–H groups in total. The Hall–Kier alpha value is -1.98. The van der Waals surface area contributed by atoms with Crippen LogP contribution in [0.2, 0.25) is 0 Å². The van der Waals surface area contributed by atoms with E-state index in [0.29, 0.717) is 23.6 Å². The van der Waals surface area contributed by atoms with Crippen molar-refractivity contribution in [1.82, 2.24) is 4.98 Å². The molecule has 1 aromatic carbocycles. The van der Waals surface area contributed by atoms with Crippen LogP contribution in [0.5, 0.6) is 11.6 Å². The van der Waals surface area contributed by atoms with Crippen molar-refractivity contribution in [2.75, 3.05) is 6.61 Å². The average molecular weight is 302 g/mol. The molecular weight excluding hydrogens is 284 g/mol. The number of benzene rings is 1. The van der Waals surface area contributed by atoms with Crippen LogP contribution in [0.15, 0.2) is 30.3 Å². The molecule has 2 rings (SSSR count). The molecule has 0 aliphatic heterocycles. The van der Waals surface area contributed by atoms with Gasteiger partial charge in [-0.1, -0.05) is 30.4 Å². The van der Waals surface area contributed by atoms with Gasteiger partial charge in [-0.3, -0.25) is 0 Å². The van der Waals surface area contributed by atoms with E-state index in [-0.39, 0.29) is 11.6 Å². The fraction of sp³-hybridized carbons (Fsp3) is 0.250. The largest absolute Gasteiger partial charge is 0.438 e. The molecule has 0 aliphatic carbocycles. The first-order valence-corrected chi connectivity index (χ1v) is 7.08. The Labute approximate surface area is 129 Å². The zero-order valence-electron chi connectivity index (χ0n) is 12.1. The van der Waals surface area contributed by atoms with Crippen molar-refractivity contribution in [3.63, 3.8) is 0 Å². The van der Waals surface area contributed by atoms with Gasteiger partial charge in [-0.05, 0) is 43.5 Å². The molecule has 110 valence electrons. The molecule has 5 heteroatoms. The van der Waals surface area contributed by atoms with Crippen molar-refractivity contribution in [3.05, 3.63) is 52.7 Å². The second kappa shape index (κ2) is 6.65. The maximum atomic E-state index is 9.13. The van der Waals surface area contributed by atoms with Gasteiger partial charge in [-0.2, -0.15) is 0 Å². The van der Waals surface area contributed by atoms with E-state index < -0.39 is 0 Å². The Kier molecular flexibility index (Phi) is 4.88. The lowest BCUT2D eigenvalue weighted by Crippen LogP contribution is -2.14. The maximum Gasteiger partial charge on any atom is 0.229 e. The number of ether oxygens (including phenoxy) is 1. The second-order valence-electron chi connectivity index (χ2n) is 4.81. The lowest BCUT2D eigenvalue weighted by Gasteiger charge is -2.14. The molecule has 0 saturated carbocycles. The zero-order valence-corrected chi connectivity index (χ0v) is 12.9. The van der Waals surface area contributed by atoms with Crippen molar-refractivity contribution in [3.8, 4) is 11.6 Å². The van der Waals surface area contributed by atoms with Crippen molar-refractivity contribution in [2.45, 2.75) is 20.3 Å². The molecule has 2 aromatic rings. The normalized spacial score (nSPS) is 10.4. The van der Waals surface area contributed by atoms with E-state index in [0.717, 1.165) is 16.8 Å². The van der Waals surface area contributed by atoms with Gasteiger partial charge in [-0.25, -0.2) is 4.98 Å². The van der Waals surface area contributed by atoms with Crippen LogP contribution in [-0.4, -0.2) is 21.7 Å². The molecule has 0 amide bonds. The van der Waals surface area contributed by atoms with E-state index in [2.05, 4.69) is 4.98 Å². The summed E-state index contributed by atoms with van der Waals surface area (Å²) in [6.07, 6.45) is 0.517. The van der Waals surface area contributed by atoms with Crippen molar-refractivity contribution in [2.24, 2.45) is 5.73 Å². The number of hydrogen-bond acceptors (Lipinski definition) is 4. The number of nitrogens with zero attached hydrogens (tertiary/aromatic N) is 1. The van der Waals surface area contributed by atoms with E-state index in [1.807, 2.05) is 44.2 Å². The number of thiocarbonyl (C=S) groups is 1. The Morgan fingerprint density at radius 2 is 2.05 bits per heavy atom. The summed E-state index contributed by atoms with van der Waals surface area (Å²) in [4.78, 5) is 4.66. The Morgan fingerprint density at radius 1 is 1.33 bits per heavy atom. The van der Waals surface area contributed by atoms with Gasteiger partial charge in [0.1, 0.15) is 10.7 Å². The number of pyridine rings is 1. The summed E-state index contributed by atoms with van der Waals surface area (Å²) >= 11 is 5.10. The van der Waals surface area contributed by atoms with Crippen LogP contribution in [0.25, 0.3) is 0 Å². The van der Waals surface area contributed by atoms with Crippen LogP contribution in [-0.2, 0) is 6.42 Å². The predicted octanol–water partition coefficient (Wildman–Crippen LogP) is 2.66. The smallest absolute Gasteiger partial charge is 0.229 e. The second-order valence-corrected chi connectivity index (χ2v) is 5.25. The van der Waals surface area contributed by atoms with Gasteiger partial charge >= 0.3 is 0 Å². The van der Waals surface area contributed by atoms with Crippen LogP contribution in [0, 0.1) is 13.8 Å². The molecule has 0 saturated heterocycles. The number of nitrogens with two attached hydrogens (primary N) is 1.